The molecular formula is C13H21NO3S. The number of aliphatic hydroxyl groups excluding tert-OH is 1. The number of para-hydroxylation sites is 1. The molecule has 0 spiro atoms. The first kappa shape index (κ1) is 15.0. The second kappa shape index (κ2) is 6.75. The van der Waals surface area contributed by atoms with Crippen molar-refractivity contribution in [2.24, 2.45) is 0 Å². The Kier molecular flexibility index (Phi) is 5.62. The lowest BCUT2D eigenvalue weighted by Gasteiger charge is -2.13. The number of rotatable bonds is 7. The molecule has 102 valence electrons. The monoisotopic (exact) mass is 271 g/mol. The van der Waals surface area contributed by atoms with E-state index in [1.165, 1.54) is 0 Å². The molecule has 0 aromatic heterocycles. The normalized spacial score (nSPS) is 13.3. The Labute approximate surface area is 109 Å². The van der Waals surface area contributed by atoms with E-state index in [1.54, 1.807) is 31.2 Å². The van der Waals surface area contributed by atoms with E-state index in [4.69, 9.17) is 0 Å². The third-order valence-corrected chi connectivity index (χ3v) is 4.65. The highest BCUT2D eigenvalue weighted by molar-refractivity contribution is 7.91. The Morgan fingerprint density at radius 3 is 2.56 bits per heavy atom. The molecule has 1 rings (SSSR count). The largest absolute Gasteiger partial charge is 0.393 e. The van der Waals surface area contributed by atoms with Gasteiger partial charge in [0.15, 0.2) is 9.84 Å². The van der Waals surface area contributed by atoms with Gasteiger partial charge in [-0.2, -0.15) is 0 Å². The number of hydrogen-bond donors (Lipinski definition) is 2. The molecular weight excluding hydrogens is 250 g/mol. The number of anilines is 1. The fourth-order valence-corrected chi connectivity index (χ4v) is 2.69. The third kappa shape index (κ3) is 3.99. The number of benzene rings is 1. The Morgan fingerprint density at radius 1 is 1.28 bits per heavy atom. The molecule has 0 fully saturated rings. The molecule has 1 atom stereocenters. The van der Waals surface area contributed by atoms with Gasteiger partial charge in [-0.1, -0.05) is 26.0 Å². The van der Waals surface area contributed by atoms with E-state index in [0.717, 1.165) is 0 Å². The quantitative estimate of drug-likeness (QED) is 0.796. The van der Waals surface area contributed by atoms with Gasteiger partial charge in [-0.15, -0.1) is 0 Å². The summed E-state index contributed by atoms with van der Waals surface area (Å²) in [6.45, 7) is 4.11. The predicted molar refractivity (Wildman–Crippen MR) is 73.6 cm³/mol. The van der Waals surface area contributed by atoms with Gasteiger partial charge in [0.2, 0.25) is 0 Å². The van der Waals surface area contributed by atoms with Crippen molar-refractivity contribution >= 4 is 15.5 Å². The first-order valence-electron chi connectivity index (χ1n) is 6.25. The Hall–Kier alpha value is -1.07. The molecule has 0 aliphatic heterocycles. The van der Waals surface area contributed by atoms with Gasteiger partial charge in [-0.3, -0.25) is 0 Å². The summed E-state index contributed by atoms with van der Waals surface area (Å²) < 4.78 is 23.8. The van der Waals surface area contributed by atoms with E-state index in [2.05, 4.69) is 5.32 Å². The lowest BCUT2D eigenvalue weighted by Crippen LogP contribution is -2.14. The maximum absolute atomic E-state index is 11.9. The predicted octanol–water partition coefficient (Wildman–Crippen LogP) is 2.05. The Balaban J connectivity index is 2.78. The van der Waals surface area contributed by atoms with Gasteiger partial charge in [0.1, 0.15) is 0 Å². The highest BCUT2D eigenvalue weighted by Gasteiger charge is 2.15. The minimum absolute atomic E-state index is 0.0866. The zero-order chi connectivity index (χ0) is 13.6. The van der Waals surface area contributed by atoms with Crippen LogP contribution in [0.3, 0.4) is 0 Å². The highest BCUT2D eigenvalue weighted by Crippen LogP contribution is 2.21. The summed E-state index contributed by atoms with van der Waals surface area (Å²) in [5, 5.41) is 12.5. The van der Waals surface area contributed by atoms with Crippen LogP contribution >= 0.6 is 0 Å². The third-order valence-electron chi connectivity index (χ3n) is 2.87. The van der Waals surface area contributed by atoms with E-state index >= 15 is 0 Å². The summed E-state index contributed by atoms with van der Waals surface area (Å²) in [7, 11) is -3.21. The molecule has 0 heterocycles. The van der Waals surface area contributed by atoms with Gasteiger partial charge in [-0.05, 0) is 25.0 Å². The molecule has 0 saturated heterocycles. The van der Waals surface area contributed by atoms with Gasteiger partial charge in [-0.25, -0.2) is 8.42 Å². The van der Waals surface area contributed by atoms with Crippen LogP contribution in [0.4, 0.5) is 5.69 Å². The standard InChI is InChI=1S/C13H21NO3S/c1-3-11(15)9-10-14-12-7-5-6-8-13(12)18(16,17)4-2/h5-8,11,14-15H,3-4,9-10H2,1-2H3. The van der Waals surface area contributed by atoms with Gasteiger partial charge in [0, 0.05) is 6.54 Å². The molecule has 0 bridgehead atoms. The minimum atomic E-state index is -3.21. The zero-order valence-corrected chi connectivity index (χ0v) is 11.7. The topological polar surface area (TPSA) is 66.4 Å². The van der Waals surface area contributed by atoms with Gasteiger partial charge < -0.3 is 10.4 Å². The van der Waals surface area contributed by atoms with Crippen LogP contribution in [0.2, 0.25) is 0 Å². The summed E-state index contributed by atoms with van der Waals surface area (Å²) in [6, 6.07) is 6.88. The number of aliphatic hydroxyl groups is 1. The molecule has 5 heteroatoms. The van der Waals surface area contributed by atoms with E-state index in [9.17, 15) is 13.5 Å². The van der Waals surface area contributed by atoms with Crippen molar-refractivity contribution in [2.75, 3.05) is 17.6 Å². The molecule has 0 aliphatic rings. The SMILES string of the molecule is CCC(O)CCNc1ccccc1S(=O)(=O)CC. The summed E-state index contributed by atoms with van der Waals surface area (Å²) in [5.41, 5.74) is 0.614. The number of nitrogens with one attached hydrogen (secondary N) is 1. The van der Waals surface area contributed by atoms with Crippen LogP contribution in [-0.2, 0) is 9.84 Å². The Bertz CT molecular complexity index is 471. The van der Waals surface area contributed by atoms with E-state index < -0.39 is 9.84 Å². The molecule has 2 N–H and O–H groups in total. The lowest BCUT2D eigenvalue weighted by atomic mass is 10.2. The Morgan fingerprint density at radius 2 is 1.94 bits per heavy atom. The van der Waals surface area contributed by atoms with Crippen LogP contribution in [0, 0.1) is 0 Å². The maximum atomic E-state index is 11.9. The molecule has 0 amide bonds. The van der Waals surface area contributed by atoms with Crippen molar-refractivity contribution < 1.29 is 13.5 Å². The van der Waals surface area contributed by atoms with Crippen molar-refractivity contribution in [3.8, 4) is 0 Å². The van der Waals surface area contributed by atoms with Crippen molar-refractivity contribution in [3.05, 3.63) is 24.3 Å². The van der Waals surface area contributed by atoms with Crippen LogP contribution in [0.15, 0.2) is 29.2 Å². The molecule has 1 aromatic carbocycles. The van der Waals surface area contributed by atoms with Gasteiger partial charge in [0.05, 0.1) is 22.4 Å². The number of sulfone groups is 1. The maximum Gasteiger partial charge on any atom is 0.180 e. The molecule has 18 heavy (non-hydrogen) atoms. The summed E-state index contributed by atoms with van der Waals surface area (Å²) in [4.78, 5) is 0.332. The fraction of sp³-hybridized carbons (Fsp3) is 0.538. The molecule has 4 nitrogen and oxygen atoms in total. The van der Waals surface area contributed by atoms with Crippen LogP contribution in [-0.4, -0.2) is 31.9 Å². The van der Waals surface area contributed by atoms with Gasteiger partial charge >= 0.3 is 0 Å². The van der Waals surface area contributed by atoms with Crippen molar-refractivity contribution in [3.63, 3.8) is 0 Å². The first-order chi connectivity index (χ1) is 8.51. The van der Waals surface area contributed by atoms with E-state index in [-0.39, 0.29) is 11.9 Å². The second-order valence-electron chi connectivity index (χ2n) is 4.18. The lowest BCUT2D eigenvalue weighted by molar-refractivity contribution is 0.164. The van der Waals surface area contributed by atoms with Crippen LogP contribution in [0.1, 0.15) is 26.7 Å². The first-order valence-corrected chi connectivity index (χ1v) is 7.90. The zero-order valence-electron chi connectivity index (χ0n) is 10.9. The van der Waals surface area contributed by atoms with Crippen LogP contribution < -0.4 is 5.32 Å². The minimum Gasteiger partial charge on any atom is -0.393 e. The smallest absolute Gasteiger partial charge is 0.180 e. The van der Waals surface area contributed by atoms with Crippen molar-refractivity contribution in [2.45, 2.75) is 37.7 Å². The summed E-state index contributed by atoms with van der Waals surface area (Å²) in [5.74, 6) is 0.0866. The fourth-order valence-electron chi connectivity index (χ4n) is 1.62. The molecule has 1 aromatic rings. The summed E-state index contributed by atoms with van der Waals surface area (Å²) >= 11 is 0. The molecule has 0 aliphatic carbocycles. The summed E-state index contributed by atoms with van der Waals surface area (Å²) in [6.07, 6.45) is 0.973. The van der Waals surface area contributed by atoms with Crippen LogP contribution in [0.5, 0.6) is 0 Å². The average molecular weight is 271 g/mol. The van der Waals surface area contributed by atoms with Crippen molar-refractivity contribution in [1.29, 1.82) is 0 Å². The second-order valence-corrected chi connectivity index (χ2v) is 6.42. The molecule has 0 saturated carbocycles. The van der Waals surface area contributed by atoms with E-state index in [1.807, 2.05) is 6.92 Å². The molecule has 1 unspecified atom stereocenters. The van der Waals surface area contributed by atoms with E-state index in [0.29, 0.717) is 30.0 Å². The van der Waals surface area contributed by atoms with Gasteiger partial charge in [0.25, 0.3) is 0 Å². The number of hydrogen-bond acceptors (Lipinski definition) is 4. The van der Waals surface area contributed by atoms with Crippen molar-refractivity contribution in [1.82, 2.24) is 0 Å². The average Bonchev–Trinajstić information content (AvgIpc) is 2.39. The highest BCUT2D eigenvalue weighted by atomic mass is 32.2. The molecule has 0 radical (unpaired) electrons. The van der Waals surface area contributed by atoms with Crippen LogP contribution in [0.25, 0.3) is 0 Å².